The fourth-order valence-electron chi connectivity index (χ4n) is 1.56. The Hall–Kier alpha value is -0.603. The molecule has 0 saturated heterocycles. The second kappa shape index (κ2) is 5.32. The Bertz CT molecular complexity index is 256. The van der Waals surface area contributed by atoms with Crippen molar-refractivity contribution in [3.05, 3.63) is 35.9 Å². The molecule has 1 N–H and O–H groups in total. The standard InChI is InChI=1S/C12H20OSi/c1-14(2,11-9-13)10-8-12-6-4-3-5-7-12/h3-7,13H,8-11H2,1-2H3. The average Bonchev–Trinajstić information content (AvgIpc) is 2.17. The summed E-state index contributed by atoms with van der Waals surface area (Å²) in [6.07, 6.45) is 1.17. The van der Waals surface area contributed by atoms with Gasteiger partial charge in [-0.2, -0.15) is 0 Å². The lowest BCUT2D eigenvalue weighted by molar-refractivity contribution is 0.316. The maximum Gasteiger partial charge on any atom is 0.0499 e. The molecule has 0 saturated carbocycles. The summed E-state index contributed by atoms with van der Waals surface area (Å²) in [7, 11) is -1.14. The number of aryl methyl sites for hydroxylation is 1. The molecule has 0 aromatic heterocycles. The van der Waals surface area contributed by atoms with E-state index in [1.165, 1.54) is 18.0 Å². The summed E-state index contributed by atoms with van der Waals surface area (Å²) in [5.74, 6) is 0. The van der Waals surface area contributed by atoms with Crippen molar-refractivity contribution in [3.63, 3.8) is 0 Å². The molecule has 0 unspecified atom stereocenters. The number of hydrogen-bond donors (Lipinski definition) is 1. The molecule has 0 aliphatic rings. The minimum absolute atomic E-state index is 0.355. The maximum absolute atomic E-state index is 8.93. The first-order valence-electron chi connectivity index (χ1n) is 5.29. The molecule has 14 heavy (non-hydrogen) atoms. The van der Waals surface area contributed by atoms with Crippen molar-refractivity contribution < 1.29 is 5.11 Å². The molecule has 0 amide bonds. The largest absolute Gasteiger partial charge is 0.397 e. The van der Waals surface area contributed by atoms with Crippen LogP contribution in [0.4, 0.5) is 0 Å². The van der Waals surface area contributed by atoms with Crippen molar-refractivity contribution >= 4 is 8.07 Å². The van der Waals surface area contributed by atoms with Crippen LogP contribution in [-0.4, -0.2) is 19.8 Å². The van der Waals surface area contributed by atoms with Crippen LogP contribution >= 0.6 is 0 Å². The molecule has 0 aliphatic carbocycles. The van der Waals surface area contributed by atoms with Crippen molar-refractivity contribution in [2.45, 2.75) is 31.6 Å². The summed E-state index contributed by atoms with van der Waals surface area (Å²) < 4.78 is 0. The van der Waals surface area contributed by atoms with Gasteiger partial charge in [0.15, 0.2) is 0 Å². The molecular weight excluding hydrogens is 188 g/mol. The Kier molecular flexibility index (Phi) is 4.36. The summed E-state index contributed by atoms with van der Waals surface area (Å²) >= 11 is 0. The fourth-order valence-corrected chi connectivity index (χ4v) is 3.38. The van der Waals surface area contributed by atoms with Crippen LogP contribution in [0.15, 0.2) is 30.3 Å². The van der Waals surface area contributed by atoms with Gasteiger partial charge in [-0.25, -0.2) is 0 Å². The third-order valence-electron chi connectivity index (χ3n) is 2.72. The zero-order valence-electron chi connectivity index (χ0n) is 9.16. The van der Waals surface area contributed by atoms with E-state index in [4.69, 9.17) is 5.11 Å². The van der Waals surface area contributed by atoms with Crippen molar-refractivity contribution in [3.8, 4) is 0 Å². The van der Waals surface area contributed by atoms with E-state index in [0.717, 1.165) is 6.04 Å². The van der Waals surface area contributed by atoms with Gasteiger partial charge in [0.2, 0.25) is 0 Å². The predicted molar refractivity (Wildman–Crippen MR) is 64.3 cm³/mol. The van der Waals surface area contributed by atoms with Gasteiger partial charge in [0, 0.05) is 14.7 Å². The lowest BCUT2D eigenvalue weighted by atomic mass is 10.2. The van der Waals surface area contributed by atoms with Crippen LogP contribution in [0.2, 0.25) is 25.2 Å². The Morgan fingerprint density at radius 1 is 1.07 bits per heavy atom. The van der Waals surface area contributed by atoms with Gasteiger partial charge >= 0.3 is 0 Å². The van der Waals surface area contributed by atoms with Crippen LogP contribution in [0.25, 0.3) is 0 Å². The maximum atomic E-state index is 8.93. The Labute approximate surface area is 87.8 Å². The molecule has 1 aromatic rings. The highest BCUT2D eigenvalue weighted by molar-refractivity contribution is 6.77. The zero-order chi connectivity index (χ0) is 10.4. The van der Waals surface area contributed by atoms with Crippen molar-refractivity contribution in [1.29, 1.82) is 0 Å². The van der Waals surface area contributed by atoms with Gasteiger partial charge in [0.1, 0.15) is 0 Å². The van der Waals surface area contributed by atoms with E-state index in [2.05, 4.69) is 43.4 Å². The van der Waals surface area contributed by atoms with E-state index in [-0.39, 0.29) is 0 Å². The van der Waals surface area contributed by atoms with Gasteiger partial charge in [-0.3, -0.25) is 0 Å². The minimum Gasteiger partial charge on any atom is -0.397 e. The van der Waals surface area contributed by atoms with E-state index >= 15 is 0 Å². The van der Waals surface area contributed by atoms with Gasteiger partial charge in [-0.15, -0.1) is 0 Å². The number of hydrogen-bond acceptors (Lipinski definition) is 1. The average molecular weight is 208 g/mol. The summed E-state index contributed by atoms with van der Waals surface area (Å²) in [4.78, 5) is 0. The van der Waals surface area contributed by atoms with E-state index in [0.29, 0.717) is 6.61 Å². The normalized spacial score (nSPS) is 11.6. The van der Waals surface area contributed by atoms with Gasteiger partial charge in [0.05, 0.1) is 0 Å². The summed E-state index contributed by atoms with van der Waals surface area (Å²) in [5.41, 5.74) is 1.42. The van der Waals surface area contributed by atoms with Crippen LogP contribution in [0.1, 0.15) is 5.56 Å². The number of rotatable bonds is 5. The quantitative estimate of drug-likeness (QED) is 0.738. The lowest BCUT2D eigenvalue weighted by Crippen LogP contribution is -2.26. The Morgan fingerprint density at radius 2 is 1.71 bits per heavy atom. The fraction of sp³-hybridized carbons (Fsp3) is 0.500. The second-order valence-corrected chi connectivity index (χ2v) is 9.95. The van der Waals surface area contributed by atoms with E-state index in [1.807, 2.05) is 0 Å². The molecule has 0 spiro atoms. The summed E-state index contributed by atoms with van der Waals surface area (Å²) in [6, 6.07) is 12.9. The molecule has 1 aromatic carbocycles. The topological polar surface area (TPSA) is 20.2 Å². The van der Waals surface area contributed by atoms with E-state index in [9.17, 15) is 0 Å². The SMILES string of the molecule is C[Si](C)(CCO)CCc1ccccc1. The monoisotopic (exact) mass is 208 g/mol. The third kappa shape index (κ3) is 4.07. The lowest BCUT2D eigenvalue weighted by Gasteiger charge is -2.20. The van der Waals surface area contributed by atoms with E-state index in [1.54, 1.807) is 0 Å². The molecular formula is C12H20OSi. The van der Waals surface area contributed by atoms with Crippen LogP contribution in [-0.2, 0) is 6.42 Å². The molecule has 0 radical (unpaired) electrons. The summed E-state index contributed by atoms with van der Waals surface area (Å²) in [5, 5.41) is 8.93. The third-order valence-corrected chi connectivity index (χ3v) is 5.90. The van der Waals surface area contributed by atoms with Gasteiger partial charge in [0.25, 0.3) is 0 Å². The molecule has 1 rings (SSSR count). The van der Waals surface area contributed by atoms with Crippen LogP contribution in [0.3, 0.4) is 0 Å². The molecule has 78 valence electrons. The highest BCUT2D eigenvalue weighted by Crippen LogP contribution is 2.17. The first-order valence-corrected chi connectivity index (χ1v) is 8.70. The summed E-state index contributed by atoms with van der Waals surface area (Å²) in [6.45, 7) is 5.06. The van der Waals surface area contributed by atoms with Crippen molar-refractivity contribution in [1.82, 2.24) is 0 Å². The van der Waals surface area contributed by atoms with Crippen LogP contribution < -0.4 is 0 Å². The zero-order valence-corrected chi connectivity index (χ0v) is 10.2. The first kappa shape index (κ1) is 11.5. The number of aliphatic hydroxyl groups excluding tert-OH is 1. The molecule has 0 heterocycles. The highest BCUT2D eigenvalue weighted by Gasteiger charge is 2.18. The molecule has 0 atom stereocenters. The van der Waals surface area contributed by atoms with Crippen molar-refractivity contribution in [2.75, 3.05) is 6.61 Å². The van der Waals surface area contributed by atoms with Crippen LogP contribution in [0.5, 0.6) is 0 Å². The van der Waals surface area contributed by atoms with Gasteiger partial charge in [-0.05, 0) is 18.0 Å². The predicted octanol–water partition coefficient (Wildman–Crippen LogP) is 2.93. The van der Waals surface area contributed by atoms with Crippen molar-refractivity contribution in [2.24, 2.45) is 0 Å². The van der Waals surface area contributed by atoms with E-state index < -0.39 is 8.07 Å². The Balaban J connectivity index is 2.40. The first-order chi connectivity index (χ1) is 6.64. The number of benzene rings is 1. The van der Waals surface area contributed by atoms with Crippen LogP contribution in [0, 0.1) is 0 Å². The molecule has 2 heteroatoms. The highest BCUT2D eigenvalue weighted by atomic mass is 28.3. The van der Waals surface area contributed by atoms with Gasteiger partial charge < -0.3 is 5.11 Å². The molecule has 0 fully saturated rings. The number of aliphatic hydroxyl groups is 1. The van der Waals surface area contributed by atoms with Gasteiger partial charge in [-0.1, -0.05) is 49.5 Å². The molecule has 0 aliphatic heterocycles. The molecule has 1 nitrogen and oxygen atoms in total. The Morgan fingerprint density at radius 3 is 2.29 bits per heavy atom. The smallest absolute Gasteiger partial charge is 0.0499 e. The minimum atomic E-state index is -1.14. The molecule has 0 bridgehead atoms. The second-order valence-electron chi connectivity index (χ2n) is 4.62.